The summed E-state index contributed by atoms with van der Waals surface area (Å²) in [6, 6.07) is 13.9. The van der Waals surface area contributed by atoms with Crippen molar-refractivity contribution in [2.24, 2.45) is 0 Å². The van der Waals surface area contributed by atoms with Gasteiger partial charge in [0, 0.05) is 23.7 Å². The van der Waals surface area contributed by atoms with Gasteiger partial charge in [-0.25, -0.2) is 18.4 Å². The molecule has 10 heteroatoms. The first-order chi connectivity index (χ1) is 16.2. The van der Waals surface area contributed by atoms with Crippen LogP contribution in [0, 0.1) is 0 Å². The van der Waals surface area contributed by atoms with Crippen LogP contribution in [0.1, 0.15) is 19.4 Å². The molecule has 0 aliphatic carbocycles. The maximum absolute atomic E-state index is 12.4. The third kappa shape index (κ3) is 4.68. The summed E-state index contributed by atoms with van der Waals surface area (Å²) in [4.78, 5) is 9.09. The van der Waals surface area contributed by atoms with Crippen LogP contribution >= 0.6 is 11.6 Å². The third-order valence-corrected chi connectivity index (χ3v) is 7.82. The second-order valence-electron chi connectivity index (χ2n) is 8.03. The normalized spacial score (nSPS) is 11.8. The van der Waals surface area contributed by atoms with Crippen molar-refractivity contribution in [3.8, 4) is 34.0 Å². The number of hydrogen-bond donors (Lipinski definition) is 2. The Morgan fingerprint density at radius 3 is 2.47 bits per heavy atom. The van der Waals surface area contributed by atoms with Crippen LogP contribution in [0.5, 0.6) is 0 Å². The SMILES string of the molecule is CNCc1ccc(-c2cc(-c3nc(-c4ccc(S(=O)(=O)C(C)C)cc4)cnc3N)on2)c(Cl)c1. The van der Waals surface area contributed by atoms with Crippen LogP contribution in [-0.4, -0.2) is 35.8 Å². The zero-order chi connectivity index (χ0) is 24.5. The van der Waals surface area contributed by atoms with Crippen molar-refractivity contribution in [2.45, 2.75) is 30.5 Å². The first-order valence-electron chi connectivity index (χ1n) is 10.6. The molecule has 4 rings (SSSR count). The number of benzene rings is 2. The van der Waals surface area contributed by atoms with Gasteiger partial charge in [-0.1, -0.05) is 41.0 Å². The summed E-state index contributed by atoms with van der Waals surface area (Å²) in [7, 11) is -1.49. The van der Waals surface area contributed by atoms with Gasteiger partial charge in [0.15, 0.2) is 27.1 Å². The van der Waals surface area contributed by atoms with Gasteiger partial charge < -0.3 is 15.6 Å². The van der Waals surface area contributed by atoms with Gasteiger partial charge in [0.25, 0.3) is 0 Å². The van der Waals surface area contributed by atoms with Crippen molar-refractivity contribution in [1.82, 2.24) is 20.4 Å². The van der Waals surface area contributed by atoms with Gasteiger partial charge in [0.05, 0.1) is 27.1 Å². The number of hydrogen-bond acceptors (Lipinski definition) is 8. The van der Waals surface area contributed by atoms with E-state index >= 15 is 0 Å². The number of aromatic nitrogens is 3. The van der Waals surface area contributed by atoms with Gasteiger partial charge >= 0.3 is 0 Å². The topological polar surface area (TPSA) is 124 Å². The second-order valence-corrected chi connectivity index (χ2v) is 10.9. The van der Waals surface area contributed by atoms with Gasteiger partial charge in [-0.15, -0.1) is 0 Å². The highest BCUT2D eigenvalue weighted by molar-refractivity contribution is 7.92. The molecule has 0 saturated carbocycles. The van der Waals surface area contributed by atoms with E-state index in [-0.39, 0.29) is 10.7 Å². The minimum atomic E-state index is -3.36. The fraction of sp³-hybridized carbons (Fsp3) is 0.208. The van der Waals surface area contributed by atoms with E-state index in [1.807, 2.05) is 25.2 Å². The molecular weight excluding hydrogens is 474 g/mol. The van der Waals surface area contributed by atoms with Crippen molar-refractivity contribution in [3.05, 3.63) is 65.3 Å². The number of nitrogens with one attached hydrogen (secondary N) is 1. The van der Waals surface area contributed by atoms with E-state index in [2.05, 4.69) is 20.4 Å². The fourth-order valence-corrected chi connectivity index (χ4v) is 4.76. The van der Waals surface area contributed by atoms with Gasteiger partial charge in [-0.05, 0) is 44.7 Å². The molecule has 0 radical (unpaired) electrons. The lowest BCUT2D eigenvalue weighted by Crippen LogP contribution is -2.13. The van der Waals surface area contributed by atoms with E-state index in [4.69, 9.17) is 21.9 Å². The lowest BCUT2D eigenvalue weighted by atomic mass is 10.1. The molecular formula is C24H24ClN5O3S. The molecule has 8 nitrogen and oxygen atoms in total. The number of halogens is 1. The summed E-state index contributed by atoms with van der Waals surface area (Å²) in [5, 5.41) is 7.27. The Kier molecular flexibility index (Phi) is 6.70. The van der Waals surface area contributed by atoms with Crippen molar-refractivity contribution in [2.75, 3.05) is 12.8 Å². The van der Waals surface area contributed by atoms with Crippen LogP contribution in [0.15, 0.2) is 64.1 Å². The summed E-state index contributed by atoms with van der Waals surface area (Å²) < 4.78 is 30.3. The van der Waals surface area contributed by atoms with Gasteiger partial charge in [0.1, 0.15) is 5.69 Å². The molecule has 4 aromatic rings. The number of anilines is 1. The highest BCUT2D eigenvalue weighted by Gasteiger charge is 2.20. The van der Waals surface area contributed by atoms with E-state index in [9.17, 15) is 8.42 Å². The van der Waals surface area contributed by atoms with E-state index in [1.165, 1.54) is 6.20 Å². The molecule has 2 heterocycles. The molecule has 0 saturated heterocycles. The van der Waals surface area contributed by atoms with Crippen molar-refractivity contribution in [1.29, 1.82) is 0 Å². The second kappa shape index (κ2) is 9.54. The summed E-state index contributed by atoms with van der Waals surface area (Å²) in [6.07, 6.45) is 1.53. The Labute approximate surface area is 203 Å². The third-order valence-electron chi connectivity index (χ3n) is 5.33. The molecule has 0 amide bonds. The van der Waals surface area contributed by atoms with Crippen molar-refractivity contribution >= 4 is 27.3 Å². The largest absolute Gasteiger partial charge is 0.382 e. The number of nitrogens with zero attached hydrogens (tertiary/aromatic N) is 3. The summed E-state index contributed by atoms with van der Waals surface area (Å²) in [6.45, 7) is 4.00. The smallest absolute Gasteiger partial charge is 0.189 e. The summed E-state index contributed by atoms with van der Waals surface area (Å²) >= 11 is 6.45. The Hall–Kier alpha value is -3.27. The number of rotatable bonds is 7. The van der Waals surface area contributed by atoms with E-state index in [0.29, 0.717) is 40.0 Å². The average molecular weight is 498 g/mol. The molecule has 0 bridgehead atoms. The zero-order valence-electron chi connectivity index (χ0n) is 18.9. The number of nitrogen functional groups attached to an aromatic ring is 1. The van der Waals surface area contributed by atoms with Crippen molar-refractivity contribution < 1.29 is 12.9 Å². The number of nitrogens with two attached hydrogens (primary N) is 1. The summed E-state index contributed by atoms with van der Waals surface area (Å²) in [5.41, 5.74) is 9.94. The minimum absolute atomic E-state index is 0.181. The molecule has 0 fully saturated rings. The van der Waals surface area contributed by atoms with Crippen LogP contribution in [-0.2, 0) is 16.4 Å². The minimum Gasteiger partial charge on any atom is -0.382 e. The van der Waals surface area contributed by atoms with Crippen molar-refractivity contribution in [3.63, 3.8) is 0 Å². The zero-order valence-corrected chi connectivity index (χ0v) is 20.5. The molecule has 34 heavy (non-hydrogen) atoms. The van der Waals surface area contributed by atoms with Crippen LogP contribution in [0.3, 0.4) is 0 Å². The maximum atomic E-state index is 12.4. The van der Waals surface area contributed by atoms with Gasteiger partial charge in [0.2, 0.25) is 0 Å². The first kappa shape index (κ1) is 23.9. The Morgan fingerprint density at radius 2 is 1.82 bits per heavy atom. The predicted octanol–water partition coefficient (Wildman–Crippen LogP) is 4.60. The first-order valence-corrected chi connectivity index (χ1v) is 12.5. The molecule has 2 aromatic carbocycles. The molecule has 0 spiro atoms. The molecule has 3 N–H and O–H groups in total. The molecule has 0 unspecified atom stereocenters. The lowest BCUT2D eigenvalue weighted by Gasteiger charge is -2.09. The average Bonchev–Trinajstić information content (AvgIpc) is 3.29. The Balaban J connectivity index is 1.66. The molecule has 2 aromatic heterocycles. The molecule has 176 valence electrons. The van der Waals surface area contributed by atoms with Crippen LogP contribution in [0.2, 0.25) is 5.02 Å². The van der Waals surface area contributed by atoms with Gasteiger partial charge in [-0.3, -0.25) is 0 Å². The number of sulfone groups is 1. The highest BCUT2D eigenvalue weighted by Crippen LogP contribution is 2.33. The van der Waals surface area contributed by atoms with E-state index in [1.54, 1.807) is 44.2 Å². The van der Waals surface area contributed by atoms with E-state index < -0.39 is 15.1 Å². The van der Waals surface area contributed by atoms with Crippen LogP contribution < -0.4 is 11.1 Å². The Bertz CT molecular complexity index is 1430. The molecule has 0 atom stereocenters. The van der Waals surface area contributed by atoms with Crippen LogP contribution in [0.25, 0.3) is 34.0 Å². The lowest BCUT2D eigenvalue weighted by molar-refractivity contribution is 0.434. The standard InChI is InChI=1S/C24H24ClN5O3S/c1-14(2)34(31,32)17-7-5-16(6-8-17)21-13-28-24(26)23(29-21)22-11-20(30-33-22)18-9-4-15(12-27-3)10-19(18)25/h4-11,13-14,27H,12H2,1-3H3,(H2,26,28). The summed E-state index contributed by atoms with van der Waals surface area (Å²) in [5.74, 6) is 0.525. The predicted molar refractivity (Wildman–Crippen MR) is 133 cm³/mol. The highest BCUT2D eigenvalue weighted by atomic mass is 35.5. The Morgan fingerprint density at radius 1 is 1.09 bits per heavy atom. The quantitative estimate of drug-likeness (QED) is 0.379. The fourth-order valence-electron chi connectivity index (χ4n) is 3.40. The van der Waals surface area contributed by atoms with Crippen LogP contribution in [0.4, 0.5) is 5.82 Å². The maximum Gasteiger partial charge on any atom is 0.189 e. The van der Waals surface area contributed by atoms with E-state index in [0.717, 1.165) is 11.1 Å². The monoisotopic (exact) mass is 497 g/mol. The molecule has 0 aliphatic heterocycles. The van der Waals surface area contributed by atoms with Gasteiger partial charge in [-0.2, -0.15) is 0 Å². The molecule has 0 aliphatic rings.